The average molecular weight is 1700 g/mol. The number of cyclic esters (lactones) is 3. The zero-order valence-corrected chi connectivity index (χ0v) is 67.4. The van der Waals surface area contributed by atoms with E-state index in [1.807, 2.05) is 72.9 Å². The van der Waals surface area contributed by atoms with Crippen LogP contribution in [0, 0.1) is 11.8 Å². The van der Waals surface area contributed by atoms with Gasteiger partial charge in [-0.2, -0.15) is 0 Å². The van der Waals surface area contributed by atoms with Crippen molar-refractivity contribution in [2.45, 2.75) is 120 Å². The van der Waals surface area contributed by atoms with Crippen LogP contribution in [0.15, 0.2) is 142 Å². The minimum atomic E-state index is -1.84. The first-order chi connectivity index (χ1) is 59.4. The molecule has 13 aromatic rings. The Bertz CT molecular complexity index is 6540. The molecular weight excluding hydrogens is 1620 g/mol. The number of rotatable bonds is 10. The van der Waals surface area contributed by atoms with Crippen LogP contribution in [0.2, 0.25) is 0 Å². The van der Waals surface area contributed by atoms with Crippen molar-refractivity contribution in [1.29, 1.82) is 0 Å². The minimum absolute atomic E-state index is 0.0242. The van der Waals surface area contributed by atoms with E-state index in [1.54, 1.807) is 78.0 Å². The number of thiophene rings is 1. The molecule has 0 amide bonds. The van der Waals surface area contributed by atoms with Gasteiger partial charge in [-0.3, -0.25) is 19.2 Å². The molecule has 1 aliphatic carbocycles. The van der Waals surface area contributed by atoms with Gasteiger partial charge in [0.25, 0.3) is 16.7 Å². The number of carbonyl (C=O) groups is 3. The first kappa shape index (κ1) is 80.9. The monoisotopic (exact) mass is 1700 g/mol. The molecule has 2 unspecified atom stereocenters. The second kappa shape index (κ2) is 32.0. The molecule has 17 heterocycles. The molecule has 22 rings (SSSR count). The predicted octanol–water partition coefficient (Wildman–Crippen LogP) is 6.26. The lowest BCUT2D eigenvalue weighted by molar-refractivity contribution is -0.368. The highest BCUT2D eigenvalue weighted by Gasteiger charge is 2.57. The number of nitrogen functional groups attached to an aromatic ring is 1. The number of ether oxygens (including phenoxy) is 11. The summed E-state index contributed by atoms with van der Waals surface area (Å²) >= 11 is 1.46. The van der Waals surface area contributed by atoms with Crippen LogP contribution in [0.1, 0.15) is 106 Å². The standard InChI is InChI=1S/C32H32O13S.C23H23N3O5.C20H17N3O4.C5H4N4O.C5H4N4/c1-37-19-6-13(7-20(38-2)25(19)33)23-14-8-17-18(42-12-41-17)9-15(14)28(16-10-39-30(36)24(16)23)44-32-27(35)26(34)29-21(43-32)11-40-31(45-29)22-4-3-5-46-22;1-4-23(30)16-8-18-20-12(9-26(18)21(28)15(16)11-31-22(23)29)7-13-14(10-25(2)3)19(27)6-5-17(13)24-20;1-2-20(26)13-7-16-17-10(6-11-14(21)4-3-5-15(11)22-17)8-23(16)18(24)12(13)9-27-19(20)25;10-5-3-4(7-1-6-3)8-2-9-5;1-4-5(8-2-6-1)9-3-7-4/h3-9,16,21,23-24,26-29,31-35H,10-12H2,1-2H3;5-8,27,30H,4,9-11H2,1-3H3;3-7,26H,2,8-9,21H2,1H3;1-2H,(H2,6,7,8,9,10);1-3H,(H,6,7,8,9)/t16-,21+,23+,24-,26+,27+,28+,29+,31?,32-;23-;;;/m00.../s1. The number of carbonyl (C=O) groups excluding carboxylic acids is 3. The van der Waals surface area contributed by atoms with Gasteiger partial charge >= 0.3 is 17.9 Å². The first-order valence-corrected chi connectivity index (χ1v) is 40.1. The molecule has 12 atom stereocenters. The summed E-state index contributed by atoms with van der Waals surface area (Å²) in [6.45, 7) is 4.50. The number of hydrogen-bond acceptors (Lipinski definition) is 33. The van der Waals surface area contributed by atoms with Gasteiger partial charge in [0.1, 0.15) is 55.2 Å². The van der Waals surface area contributed by atoms with Gasteiger partial charge < -0.3 is 117 Å². The number of nitrogens with one attached hydrogen (secondary N) is 3. The molecule has 0 bridgehead atoms. The summed E-state index contributed by atoms with van der Waals surface area (Å²) in [5, 5.41) is 68.9. The number of imidazole rings is 2. The number of phenols is 2. The Morgan fingerprint density at radius 1 is 0.675 bits per heavy atom. The van der Waals surface area contributed by atoms with E-state index < -0.39 is 90.0 Å². The van der Waals surface area contributed by atoms with Gasteiger partial charge in [-0.05, 0) is 128 Å². The second-order valence-corrected chi connectivity index (χ2v) is 31.7. The SMILES string of the molecule is CCC1(O)C(=O)OCc2c1cc1n(c2=O)Cc2cc3c(N)cccc3nc2-1.CC[C@@]1(O)C(=O)OCc2c1cc1n(c2=O)Cc2cc3c(CN(C)C)c(O)ccc3nc2-1.COc1cc([C@@H]2c3cc4c(cc3[C@@H](O[C@@H]3O[C@@H]5COC(c6cccs6)O[C@H]5[C@H](O)[C@H]3O)[C@H]3COC(=O)[C@H]23)OCO4)cc(OC)c1O.O=c1[nH]cnc2nc[nH]c12.c1ncc2[nH]cnc2n1. The van der Waals surface area contributed by atoms with Crippen molar-refractivity contribution in [3.63, 3.8) is 0 Å². The van der Waals surface area contributed by atoms with Crippen molar-refractivity contribution in [2.75, 3.05) is 54.1 Å². The highest BCUT2D eigenvalue weighted by atomic mass is 32.1. The van der Waals surface area contributed by atoms with Crippen LogP contribution < -0.4 is 41.4 Å². The van der Waals surface area contributed by atoms with Gasteiger partial charge in [-0.15, -0.1) is 11.3 Å². The Balaban J connectivity index is 0.000000116. The fraction of sp³-hybridized carbons (Fsp3) is 0.329. The van der Waals surface area contributed by atoms with Crippen molar-refractivity contribution >= 4 is 79.1 Å². The molecule has 0 saturated carbocycles. The molecule has 3 fully saturated rings. The summed E-state index contributed by atoms with van der Waals surface area (Å²) in [4.78, 5) is 115. The lowest BCUT2D eigenvalue weighted by atomic mass is 9.66. The molecule has 123 heavy (non-hydrogen) atoms. The van der Waals surface area contributed by atoms with E-state index in [9.17, 15) is 59.4 Å². The van der Waals surface area contributed by atoms with Crippen molar-refractivity contribution < 1.29 is 97.1 Å². The zero-order valence-electron chi connectivity index (χ0n) is 66.6. The largest absolute Gasteiger partial charge is 0.508 e. The Kier molecular flexibility index (Phi) is 21.1. The number of methoxy groups -OCH3 is 2. The number of nitrogens with zero attached hydrogens (tertiary/aromatic N) is 10. The van der Waals surface area contributed by atoms with Crippen LogP contribution in [-0.4, -0.2) is 191 Å². The van der Waals surface area contributed by atoms with E-state index in [-0.39, 0.29) is 85.7 Å². The van der Waals surface area contributed by atoms with Gasteiger partial charge in [-0.1, -0.05) is 26.0 Å². The molecular formula is C85H80N14O23S. The van der Waals surface area contributed by atoms with E-state index in [1.165, 1.54) is 44.5 Å². The molecule has 9 aromatic heterocycles. The molecule has 37 nitrogen and oxygen atoms in total. The van der Waals surface area contributed by atoms with E-state index >= 15 is 0 Å². The third-order valence-electron chi connectivity index (χ3n) is 23.5. The normalized spacial score (nSPS) is 23.7. The average Bonchev–Trinajstić information content (AvgIpc) is 1.65. The third kappa shape index (κ3) is 14.0. The summed E-state index contributed by atoms with van der Waals surface area (Å²) in [7, 11) is 6.72. The molecule has 0 radical (unpaired) electrons. The highest BCUT2D eigenvalue weighted by molar-refractivity contribution is 7.10. The number of esters is 3. The van der Waals surface area contributed by atoms with Crippen molar-refractivity contribution in [2.24, 2.45) is 11.8 Å². The number of benzene rings is 4. The zero-order chi connectivity index (χ0) is 85.8. The molecule has 9 aliphatic rings. The van der Waals surface area contributed by atoms with E-state index in [4.69, 9.17) is 67.8 Å². The van der Waals surface area contributed by atoms with E-state index in [0.717, 1.165) is 43.4 Å². The number of H-pyrrole nitrogens is 3. The second-order valence-electron chi connectivity index (χ2n) is 30.7. The molecule has 11 N–H and O–H groups in total. The molecule has 4 aromatic carbocycles. The number of pyridine rings is 4. The topological polar surface area (TPSA) is 502 Å². The van der Waals surface area contributed by atoms with Gasteiger partial charge in [0.2, 0.25) is 12.5 Å². The molecule has 0 spiro atoms. The number of aliphatic hydroxyl groups excluding tert-OH is 2. The van der Waals surface area contributed by atoms with Crippen molar-refractivity contribution in [3.05, 3.63) is 219 Å². The summed E-state index contributed by atoms with van der Waals surface area (Å²) in [5.41, 5.74) is 14.4. The maximum atomic E-state index is 13.5. The van der Waals surface area contributed by atoms with E-state index in [0.29, 0.717) is 121 Å². The van der Waals surface area contributed by atoms with Gasteiger partial charge in [0.15, 0.2) is 63.6 Å². The van der Waals surface area contributed by atoms with Crippen LogP contribution in [0.25, 0.3) is 66.9 Å². The predicted molar refractivity (Wildman–Crippen MR) is 435 cm³/mol. The summed E-state index contributed by atoms with van der Waals surface area (Å²) in [6, 6.07) is 26.9. The highest BCUT2D eigenvalue weighted by Crippen LogP contribution is 2.58. The summed E-state index contributed by atoms with van der Waals surface area (Å²) in [6.07, 6.45) is 0.585. The van der Waals surface area contributed by atoms with Gasteiger partial charge in [0.05, 0.1) is 128 Å². The molecule has 8 aliphatic heterocycles. The van der Waals surface area contributed by atoms with Crippen molar-refractivity contribution in [1.82, 2.24) is 63.9 Å². The number of nitrogens with two attached hydrogens (primary N) is 1. The third-order valence-corrected chi connectivity index (χ3v) is 24.4. The van der Waals surface area contributed by atoms with Crippen LogP contribution in [0.5, 0.6) is 34.5 Å². The maximum Gasteiger partial charge on any atom is 0.343 e. The fourth-order valence-electron chi connectivity index (χ4n) is 17.3. The van der Waals surface area contributed by atoms with Crippen LogP contribution in [0.4, 0.5) is 5.69 Å². The quantitative estimate of drug-likeness (QED) is 0.0410. The van der Waals surface area contributed by atoms with Crippen molar-refractivity contribution in [3.8, 4) is 57.3 Å². The number of aromatic nitrogens is 12. The van der Waals surface area contributed by atoms with Gasteiger partial charge in [-0.25, -0.2) is 44.5 Å². The lowest BCUT2D eigenvalue weighted by Gasteiger charge is -2.48. The van der Waals surface area contributed by atoms with Crippen LogP contribution >= 0.6 is 11.3 Å². The minimum Gasteiger partial charge on any atom is -0.508 e. The Labute approximate surface area is 699 Å². The Hall–Kier alpha value is -13.1. The number of aromatic amines is 3. The Morgan fingerprint density at radius 2 is 1.30 bits per heavy atom. The van der Waals surface area contributed by atoms with Crippen LogP contribution in [0.3, 0.4) is 0 Å². The number of hydrogen-bond donors (Lipinski definition) is 10. The molecule has 38 heteroatoms. The van der Waals surface area contributed by atoms with Crippen LogP contribution in [-0.2, 0) is 91.6 Å². The molecule has 3 saturated heterocycles. The maximum absolute atomic E-state index is 13.5. The first-order valence-electron chi connectivity index (χ1n) is 39.2. The number of aromatic hydroxyl groups is 2. The number of phenolic OH excluding ortho intramolecular Hbond substituents is 2. The fourth-order valence-corrected chi connectivity index (χ4v) is 18.0. The lowest BCUT2D eigenvalue weighted by Crippen LogP contribution is -2.62. The number of aliphatic hydroxyl groups is 4. The van der Waals surface area contributed by atoms with Gasteiger partial charge in [0, 0.05) is 62.7 Å². The molecule has 634 valence electrons. The van der Waals surface area contributed by atoms with E-state index in [2.05, 4.69) is 39.9 Å². The summed E-state index contributed by atoms with van der Waals surface area (Å²) < 4.78 is 66.0. The smallest absolute Gasteiger partial charge is 0.343 e. The summed E-state index contributed by atoms with van der Waals surface area (Å²) in [5.74, 6) is -2.34. The number of fused-ring (bicyclic) bond motifs is 16. The number of anilines is 1. The Morgan fingerprint density at radius 3 is 1.92 bits per heavy atom.